The second kappa shape index (κ2) is 7.48. The molecule has 2 rings (SSSR count). The van der Waals surface area contributed by atoms with Gasteiger partial charge >= 0.3 is 6.09 Å². The number of carbonyl (C=O) groups excluding carboxylic acids is 1. The molecule has 1 heterocycles. The van der Waals surface area contributed by atoms with E-state index in [1.807, 2.05) is 20.8 Å². The largest absolute Gasteiger partial charge is 0.444 e. The third-order valence-electron chi connectivity index (χ3n) is 4.81. The van der Waals surface area contributed by atoms with Gasteiger partial charge in [0, 0.05) is 6.54 Å². The van der Waals surface area contributed by atoms with E-state index in [-0.39, 0.29) is 6.09 Å². The molecule has 2 fully saturated rings. The third kappa shape index (κ3) is 5.85. The Balaban J connectivity index is 1.72. The molecule has 2 atom stereocenters. The number of rotatable bonds is 3. The van der Waals surface area contributed by atoms with E-state index in [2.05, 4.69) is 10.6 Å². The van der Waals surface area contributed by atoms with Crippen molar-refractivity contribution >= 4 is 6.09 Å². The van der Waals surface area contributed by atoms with Crippen molar-refractivity contribution in [3.8, 4) is 0 Å². The Morgan fingerprint density at radius 2 is 1.86 bits per heavy atom. The predicted molar refractivity (Wildman–Crippen MR) is 85.3 cm³/mol. The van der Waals surface area contributed by atoms with Crippen LogP contribution in [0.2, 0.25) is 0 Å². The molecule has 0 aromatic rings. The van der Waals surface area contributed by atoms with E-state index in [0.29, 0.717) is 5.92 Å². The molecular formula is C17H32N2O2. The van der Waals surface area contributed by atoms with Crippen molar-refractivity contribution in [2.45, 2.75) is 64.9 Å². The van der Waals surface area contributed by atoms with E-state index >= 15 is 0 Å². The van der Waals surface area contributed by atoms with Crippen molar-refractivity contribution in [3.63, 3.8) is 0 Å². The molecule has 0 aromatic carbocycles. The molecule has 1 aliphatic heterocycles. The van der Waals surface area contributed by atoms with Crippen LogP contribution in [0.25, 0.3) is 0 Å². The number of hydrogen-bond donors (Lipinski definition) is 2. The molecule has 1 saturated carbocycles. The Hall–Kier alpha value is -0.770. The Labute approximate surface area is 129 Å². The highest BCUT2D eigenvalue weighted by Gasteiger charge is 2.29. The number of alkyl carbamates (subject to hydrolysis) is 1. The Bertz CT molecular complexity index is 332. The van der Waals surface area contributed by atoms with Crippen LogP contribution in [0.15, 0.2) is 0 Å². The zero-order chi connectivity index (χ0) is 15.3. The normalized spacial score (nSPS) is 28.1. The number of hydrogen-bond acceptors (Lipinski definition) is 3. The number of nitrogens with one attached hydrogen (secondary N) is 2. The van der Waals surface area contributed by atoms with Crippen molar-refractivity contribution in [2.75, 3.05) is 19.6 Å². The van der Waals surface area contributed by atoms with Gasteiger partial charge in [-0.15, -0.1) is 0 Å². The maximum Gasteiger partial charge on any atom is 0.407 e. The molecule has 0 bridgehead atoms. The lowest BCUT2D eigenvalue weighted by Crippen LogP contribution is -2.38. The van der Waals surface area contributed by atoms with Gasteiger partial charge in [-0.3, -0.25) is 0 Å². The van der Waals surface area contributed by atoms with Crippen LogP contribution in [0.3, 0.4) is 0 Å². The summed E-state index contributed by atoms with van der Waals surface area (Å²) in [7, 11) is 0. The van der Waals surface area contributed by atoms with Crippen LogP contribution >= 0.6 is 0 Å². The molecule has 21 heavy (non-hydrogen) atoms. The zero-order valence-corrected chi connectivity index (χ0v) is 13.9. The van der Waals surface area contributed by atoms with E-state index < -0.39 is 5.60 Å². The van der Waals surface area contributed by atoms with E-state index in [0.717, 1.165) is 18.4 Å². The first-order valence-corrected chi connectivity index (χ1v) is 8.61. The van der Waals surface area contributed by atoms with E-state index in [4.69, 9.17) is 4.74 Å². The average molecular weight is 296 g/mol. The predicted octanol–water partition coefficient (Wildman–Crippen LogP) is 3.32. The average Bonchev–Trinajstić information content (AvgIpc) is 2.45. The lowest BCUT2D eigenvalue weighted by Gasteiger charge is -2.36. The summed E-state index contributed by atoms with van der Waals surface area (Å²) in [6, 6.07) is 0. The number of amides is 1. The van der Waals surface area contributed by atoms with Crippen LogP contribution in [0, 0.1) is 17.8 Å². The molecule has 2 N–H and O–H groups in total. The summed E-state index contributed by atoms with van der Waals surface area (Å²) in [4.78, 5) is 11.7. The highest BCUT2D eigenvalue weighted by Crippen LogP contribution is 2.37. The van der Waals surface area contributed by atoms with Gasteiger partial charge in [-0.05, 0) is 77.3 Å². The fraction of sp³-hybridized carbons (Fsp3) is 0.941. The standard InChI is InChI=1S/C17H32N2O2/c1-17(2,3)21-16(20)19-12-13-5-4-6-15(11-13)14-7-9-18-10-8-14/h13-15,18H,4-12H2,1-3H3,(H,19,20). The maximum absolute atomic E-state index is 11.7. The number of piperidine rings is 1. The monoisotopic (exact) mass is 296 g/mol. The summed E-state index contributed by atoms with van der Waals surface area (Å²) in [5.41, 5.74) is -0.408. The molecular weight excluding hydrogens is 264 g/mol. The zero-order valence-electron chi connectivity index (χ0n) is 13.9. The summed E-state index contributed by atoms with van der Waals surface area (Å²) < 4.78 is 5.31. The van der Waals surface area contributed by atoms with Gasteiger partial charge in [-0.25, -0.2) is 4.79 Å². The molecule has 0 radical (unpaired) electrons. The molecule has 2 aliphatic rings. The van der Waals surface area contributed by atoms with Crippen LogP contribution in [0.5, 0.6) is 0 Å². The topological polar surface area (TPSA) is 50.4 Å². The number of ether oxygens (including phenoxy) is 1. The van der Waals surface area contributed by atoms with Crippen LogP contribution in [0.1, 0.15) is 59.3 Å². The maximum atomic E-state index is 11.7. The van der Waals surface area contributed by atoms with Crippen molar-refractivity contribution < 1.29 is 9.53 Å². The van der Waals surface area contributed by atoms with Crippen molar-refractivity contribution in [1.29, 1.82) is 0 Å². The van der Waals surface area contributed by atoms with Crippen LogP contribution in [-0.4, -0.2) is 31.3 Å². The fourth-order valence-corrected chi connectivity index (χ4v) is 3.80. The van der Waals surface area contributed by atoms with Gasteiger partial charge in [0.05, 0.1) is 0 Å². The molecule has 122 valence electrons. The molecule has 1 saturated heterocycles. The smallest absolute Gasteiger partial charge is 0.407 e. The fourth-order valence-electron chi connectivity index (χ4n) is 3.80. The minimum absolute atomic E-state index is 0.272. The second-order valence-electron chi connectivity index (χ2n) is 7.76. The Morgan fingerprint density at radius 1 is 1.14 bits per heavy atom. The molecule has 4 nitrogen and oxygen atoms in total. The van der Waals surface area contributed by atoms with Gasteiger partial charge in [0.2, 0.25) is 0 Å². The minimum atomic E-state index is -0.408. The molecule has 0 spiro atoms. The van der Waals surface area contributed by atoms with Crippen LogP contribution < -0.4 is 10.6 Å². The van der Waals surface area contributed by atoms with Crippen molar-refractivity contribution in [1.82, 2.24) is 10.6 Å². The van der Waals surface area contributed by atoms with Gasteiger partial charge in [0.25, 0.3) is 0 Å². The first kappa shape index (κ1) is 16.6. The summed E-state index contributed by atoms with van der Waals surface area (Å²) in [6.07, 6.45) is 7.61. The van der Waals surface area contributed by atoms with Gasteiger partial charge in [0.15, 0.2) is 0 Å². The number of carbonyl (C=O) groups is 1. The third-order valence-corrected chi connectivity index (χ3v) is 4.81. The van der Waals surface area contributed by atoms with E-state index in [1.165, 1.54) is 51.6 Å². The SMILES string of the molecule is CC(C)(C)OC(=O)NCC1CCCC(C2CCNCC2)C1. The minimum Gasteiger partial charge on any atom is -0.444 e. The highest BCUT2D eigenvalue weighted by atomic mass is 16.6. The molecule has 2 unspecified atom stereocenters. The first-order valence-electron chi connectivity index (χ1n) is 8.61. The van der Waals surface area contributed by atoms with Crippen LogP contribution in [0.4, 0.5) is 4.79 Å². The van der Waals surface area contributed by atoms with Gasteiger partial charge in [-0.1, -0.05) is 12.8 Å². The van der Waals surface area contributed by atoms with E-state index in [9.17, 15) is 4.79 Å². The summed E-state index contributed by atoms with van der Waals surface area (Å²) in [5.74, 6) is 2.40. The molecule has 4 heteroatoms. The molecule has 1 aliphatic carbocycles. The second-order valence-corrected chi connectivity index (χ2v) is 7.76. The molecule has 1 amide bonds. The van der Waals surface area contributed by atoms with Crippen molar-refractivity contribution in [2.24, 2.45) is 17.8 Å². The summed E-state index contributed by atoms with van der Waals surface area (Å²) in [6.45, 7) is 8.85. The van der Waals surface area contributed by atoms with Gasteiger partial charge in [-0.2, -0.15) is 0 Å². The van der Waals surface area contributed by atoms with Gasteiger partial charge < -0.3 is 15.4 Å². The Morgan fingerprint density at radius 3 is 2.52 bits per heavy atom. The quantitative estimate of drug-likeness (QED) is 0.840. The highest BCUT2D eigenvalue weighted by molar-refractivity contribution is 5.67. The van der Waals surface area contributed by atoms with E-state index in [1.54, 1.807) is 0 Å². The lowest BCUT2D eigenvalue weighted by molar-refractivity contribution is 0.0507. The summed E-state index contributed by atoms with van der Waals surface area (Å²) >= 11 is 0. The lowest BCUT2D eigenvalue weighted by atomic mass is 9.72. The summed E-state index contributed by atoms with van der Waals surface area (Å²) in [5, 5.41) is 6.41. The van der Waals surface area contributed by atoms with Crippen LogP contribution in [-0.2, 0) is 4.74 Å². The first-order chi connectivity index (χ1) is 9.94. The molecule has 0 aromatic heterocycles. The van der Waals surface area contributed by atoms with Gasteiger partial charge in [0.1, 0.15) is 5.60 Å². The Kier molecular flexibility index (Phi) is 5.91. The van der Waals surface area contributed by atoms with Crippen molar-refractivity contribution in [3.05, 3.63) is 0 Å².